The van der Waals surface area contributed by atoms with Crippen molar-refractivity contribution in [1.29, 1.82) is 0 Å². The van der Waals surface area contributed by atoms with E-state index in [4.69, 9.17) is 34.8 Å². The Labute approximate surface area is 175 Å². The standard InChI is InChI=1S/C19H13Cl3N4O2/c20-11-3-1-10(2-4-11)13-9-23-26-16(19(28)25-18(13)26)8-17(27)24-15-6-5-12(21)7-14(15)22/h1-7,9,16H,8H2,(H,24,27)(H,25,28). The van der Waals surface area contributed by atoms with Gasteiger partial charge in [-0.15, -0.1) is 0 Å². The molecule has 6 nitrogen and oxygen atoms in total. The van der Waals surface area contributed by atoms with Gasteiger partial charge in [-0.2, -0.15) is 5.10 Å². The molecule has 9 heteroatoms. The van der Waals surface area contributed by atoms with Crippen LogP contribution in [0.15, 0.2) is 48.7 Å². The zero-order chi connectivity index (χ0) is 19.8. The summed E-state index contributed by atoms with van der Waals surface area (Å²) in [6.45, 7) is 0. The number of amides is 2. The Morgan fingerprint density at radius 1 is 1.11 bits per heavy atom. The maximum absolute atomic E-state index is 12.4. The number of hydrogen-bond donors (Lipinski definition) is 2. The average molecular weight is 436 g/mol. The first-order valence-corrected chi connectivity index (χ1v) is 9.45. The van der Waals surface area contributed by atoms with Crippen molar-refractivity contribution in [2.75, 3.05) is 10.6 Å². The monoisotopic (exact) mass is 434 g/mol. The topological polar surface area (TPSA) is 76.0 Å². The molecule has 2 aromatic carbocycles. The number of halogens is 3. The molecule has 3 aromatic rings. The third-order valence-electron chi connectivity index (χ3n) is 4.37. The lowest BCUT2D eigenvalue weighted by Gasteiger charge is -2.11. The maximum Gasteiger partial charge on any atom is 0.251 e. The minimum absolute atomic E-state index is 0.0838. The highest BCUT2D eigenvalue weighted by Crippen LogP contribution is 2.36. The Bertz CT molecular complexity index is 1080. The molecular formula is C19H13Cl3N4O2. The zero-order valence-electron chi connectivity index (χ0n) is 14.2. The summed E-state index contributed by atoms with van der Waals surface area (Å²) < 4.78 is 1.52. The van der Waals surface area contributed by atoms with Crippen LogP contribution in [-0.2, 0) is 9.59 Å². The maximum atomic E-state index is 12.4. The van der Waals surface area contributed by atoms with Crippen molar-refractivity contribution in [3.8, 4) is 11.1 Å². The largest absolute Gasteiger partial charge is 0.325 e. The third-order valence-corrected chi connectivity index (χ3v) is 5.17. The first-order valence-electron chi connectivity index (χ1n) is 8.31. The molecule has 1 unspecified atom stereocenters. The molecule has 142 valence electrons. The molecule has 2 N–H and O–H groups in total. The highest BCUT2D eigenvalue weighted by atomic mass is 35.5. The highest BCUT2D eigenvalue weighted by molar-refractivity contribution is 6.36. The van der Waals surface area contributed by atoms with Crippen molar-refractivity contribution in [3.05, 3.63) is 63.7 Å². The van der Waals surface area contributed by atoms with Crippen LogP contribution in [0.1, 0.15) is 12.5 Å². The zero-order valence-corrected chi connectivity index (χ0v) is 16.5. The van der Waals surface area contributed by atoms with Crippen molar-refractivity contribution in [1.82, 2.24) is 9.78 Å². The van der Waals surface area contributed by atoms with Crippen molar-refractivity contribution >= 4 is 58.1 Å². The van der Waals surface area contributed by atoms with E-state index in [0.29, 0.717) is 26.6 Å². The van der Waals surface area contributed by atoms with Gasteiger partial charge in [0.2, 0.25) is 5.91 Å². The predicted molar refractivity (Wildman–Crippen MR) is 110 cm³/mol. The summed E-state index contributed by atoms with van der Waals surface area (Å²) >= 11 is 17.9. The molecular weight excluding hydrogens is 423 g/mol. The number of nitrogens with zero attached hydrogens (tertiary/aromatic N) is 2. The van der Waals surface area contributed by atoms with Gasteiger partial charge < -0.3 is 10.6 Å². The summed E-state index contributed by atoms with van der Waals surface area (Å²) in [4.78, 5) is 24.8. The molecule has 0 bridgehead atoms. The Morgan fingerprint density at radius 2 is 1.82 bits per heavy atom. The van der Waals surface area contributed by atoms with Gasteiger partial charge in [-0.3, -0.25) is 9.59 Å². The SMILES string of the molecule is O=C(CC1C(=O)Nc2c(-c3ccc(Cl)cc3)cnn21)Nc1ccc(Cl)cc1Cl. The number of aromatic nitrogens is 2. The van der Waals surface area contributed by atoms with Crippen molar-refractivity contribution in [2.45, 2.75) is 12.5 Å². The molecule has 0 radical (unpaired) electrons. The minimum Gasteiger partial charge on any atom is -0.325 e. The quantitative estimate of drug-likeness (QED) is 0.603. The van der Waals surface area contributed by atoms with Crippen LogP contribution in [0.3, 0.4) is 0 Å². The van der Waals surface area contributed by atoms with Gasteiger partial charge in [0, 0.05) is 15.6 Å². The van der Waals surface area contributed by atoms with Gasteiger partial charge in [0.05, 0.1) is 23.3 Å². The summed E-state index contributed by atoms with van der Waals surface area (Å²) in [7, 11) is 0. The van der Waals surface area contributed by atoms with Crippen LogP contribution >= 0.6 is 34.8 Å². The second kappa shape index (κ2) is 7.47. The lowest BCUT2D eigenvalue weighted by molar-refractivity contribution is -0.123. The molecule has 0 saturated heterocycles. The number of fused-ring (bicyclic) bond motifs is 1. The molecule has 2 heterocycles. The molecule has 2 amide bonds. The van der Waals surface area contributed by atoms with Crippen molar-refractivity contribution < 1.29 is 9.59 Å². The van der Waals surface area contributed by atoms with Gasteiger partial charge in [-0.25, -0.2) is 4.68 Å². The van der Waals surface area contributed by atoms with Gasteiger partial charge in [0.1, 0.15) is 11.9 Å². The van der Waals surface area contributed by atoms with Gasteiger partial charge in [0.25, 0.3) is 5.91 Å². The predicted octanol–water partition coefficient (Wildman–Crippen LogP) is 5.03. The lowest BCUT2D eigenvalue weighted by Crippen LogP contribution is -2.23. The van der Waals surface area contributed by atoms with E-state index in [1.54, 1.807) is 30.5 Å². The van der Waals surface area contributed by atoms with E-state index in [2.05, 4.69) is 15.7 Å². The van der Waals surface area contributed by atoms with E-state index >= 15 is 0 Å². The summed E-state index contributed by atoms with van der Waals surface area (Å²) in [5.41, 5.74) is 2.05. The van der Waals surface area contributed by atoms with Crippen LogP contribution in [-0.4, -0.2) is 21.6 Å². The number of hydrogen-bond acceptors (Lipinski definition) is 3. The fourth-order valence-corrected chi connectivity index (χ4v) is 3.60. The van der Waals surface area contributed by atoms with Crippen molar-refractivity contribution in [2.24, 2.45) is 0 Å². The first kappa shape index (κ1) is 18.8. The lowest BCUT2D eigenvalue weighted by atomic mass is 10.1. The van der Waals surface area contributed by atoms with E-state index in [1.807, 2.05) is 12.1 Å². The summed E-state index contributed by atoms with van der Waals surface area (Å²) in [6, 6.07) is 11.2. The van der Waals surface area contributed by atoms with Gasteiger partial charge in [0.15, 0.2) is 0 Å². The second-order valence-corrected chi connectivity index (χ2v) is 7.52. The Hall–Kier alpha value is -2.54. The smallest absolute Gasteiger partial charge is 0.251 e. The van der Waals surface area contributed by atoms with Gasteiger partial charge >= 0.3 is 0 Å². The molecule has 1 atom stereocenters. The van der Waals surface area contributed by atoms with Crippen LogP contribution in [0.4, 0.5) is 11.5 Å². The summed E-state index contributed by atoms with van der Waals surface area (Å²) in [6.07, 6.45) is 1.57. The van der Waals surface area contributed by atoms with Gasteiger partial charge in [-0.05, 0) is 35.9 Å². The van der Waals surface area contributed by atoms with Gasteiger partial charge in [-0.1, -0.05) is 46.9 Å². The van der Waals surface area contributed by atoms with Crippen LogP contribution in [0.2, 0.25) is 15.1 Å². The summed E-state index contributed by atoms with van der Waals surface area (Å²) in [5.74, 6) is -0.105. The molecule has 1 aromatic heterocycles. The van der Waals surface area contributed by atoms with Crippen LogP contribution in [0.25, 0.3) is 11.1 Å². The van der Waals surface area contributed by atoms with Crippen LogP contribution in [0.5, 0.6) is 0 Å². The van der Waals surface area contributed by atoms with Crippen molar-refractivity contribution in [3.63, 3.8) is 0 Å². The molecule has 0 fully saturated rings. The molecule has 28 heavy (non-hydrogen) atoms. The highest BCUT2D eigenvalue weighted by Gasteiger charge is 2.35. The average Bonchev–Trinajstić information content (AvgIpc) is 3.18. The Balaban J connectivity index is 1.53. The second-order valence-electron chi connectivity index (χ2n) is 6.24. The molecule has 1 aliphatic heterocycles. The number of carbonyl (C=O) groups excluding carboxylic acids is 2. The molecule has 0 spiro atoms. The van der Waals surface area contributed by atoms with Crippen LogP contribution < -0.4 is 10.6 Å². The third kappa shape index (κ3) is 3.58. The number of anilines is 2. The van der Waals surface area contributed by atoms with Crippen LogP contribution in [0, 0.1) is 0 Å². The van der Waals surface area contributed by atoms with E-state index in [-0.39, 0.29) is 18.2 Å². The molecule has 4 rings (SSSR count). The number of rotatable bonds is 4. The van der Waals surface area contributed by atoms with E-state index < -0.39 is 6.04 Å². The fourth-order valence-electron chi connectivity index (χ4n) is 3.02. The minimum atomic E-state index is -0.748. The van der Waals surface area contributed by atoms with E-state index in [1.165, 1.54) is 10.7 Å². The Morgan fingerprint density at radius 3 is 2.54 bits per heavy atom. The summed E-state index contributed by atoms with van der Waals surface area (Å²) in [5, 5.41) is 11.2. The fraction of sp³-hybridized carbons (Fsp3) is 0.105. The van der Waals surface area contributed by atoms with E-state index in [0.717, 1.165) is 11.1 Å². The van der Waals surface area contributed by atoms with E-state index in [9.17, 15) is 9.59 Å². The molecule has 1 aliphatic rings. The normalized spacial score (nSPS) is 15.2. The number of benzene rings is 2. The first-order chi connectivity index (χ1) is 13.4. The number of nitrogens with one attached hydrogen (secondary N) is 2. The molecule has 0 aliphatic carbocycles. The Kier molecular flexibility index (Phi) is 5.02. The number of carbonyl (C=O) groups is 2. The molecule has 0 saturated carbocycles.